The molecule has 2 amide bonds. The van der Waals surface area contributed by atoms with Gasteiger partial charge in [-0.25, -0.2) is 16.8 Å². The van der Waals surface area contributed by atoms with Crippen molar-refractivity contribution >= 4 is 75.6 Å². The topological polar surface area (TPSA) is 131 Å². The van der Waals surface area contributed by atoms with Crippen LogP contribution in [-0.4, -0.2) is 121 Å². The summed E-state index contributed by atoms with van der Waals surface area (Å²) in [7, 11) is -2.10. The van der Waals surface area contributed by atoms with Crippen molar-refractivity contribution in [3.63, 3.8) is 0 Å². The molecule has 0 spiro atoms. The van der Waals surface area contributed by atoms with Crippen molar-refractivity contribution in [2.24, 2.45) is 11.8 Å². The van der Waals surface area contributed by atoms with Gasteiger partial charge in [-0.3, -0.25) is 9.59 Å². The van der Waals surface area contributed by atoms with Crippen LogP contribution in [0.4, 0.5) is 11.4 Å². The zero-order valence-electron chi connectivity index (χ0n) is 40.7. The fourth-order valence-electron chi connectivity index (χ4n) is 10.1. The molecule has 12 nitrogen and oxygen atoms in total. The third kappa shape index (κ3) is 12.6. The van der Waals surface area contributed by atoms with Crippen LogP contribution in [-0.2, 0) is 28.7 Å². The summed E-state index contributed by atoms with van der Waals surface area (Å²) >= 11 is 2.33. The maximum absolute atomic E-state index is 13.8. The highest BCUT2D eigenvalue weighted by molar-refractivity contribution is 8.15. The van der Waals surface area contributed by atoms with Gasteiger partial charge in [0.25, 0.3) is 19.1 Å². The number of carbonyl (C=O) groups is 2. The molecule has 4 aromatic carbocycles. The third-order valence-corrected chi connectivity index (χ3v) is 20.2. The Morgan fingerprint density at radius 3 is 1.45 bits per heavy atom. The van der Waals surface area contributed by atoms with Crippen LogP contribution in [0.2, 0.25) is 0 Å². The average molecular weight is 1060 g/mol. The van der Waals surface area contributed by atoms with Crippen molar-refractivity contribution in [3.05, 3.63) is 165 Å². The lowest BCUT2D eigenvalue weighted by Gasteiger charge is -2.38. The summed E-state index contributed by atoms with van der Waals surface area (Å²) in [5.41, 5.74) is 9.90. The van der Waals surface area contributed by atoms with E-state index in [1.807, 2.05) is 41.3 Å². The zero-order chi connectivity index (χ0) is 50.3. The molecule has 0 unspecified atom stereocenters. The molecule has 0 saturated carbocycles. The first kappa shape index (κ1) is 52.3. The minimum atomic E-state index is -3.61. The number of piperazine rings is 2. The number of aryl methyl sites for hydroxylation is 4. The summed E-state index contributed by atoms with van der Waals surface area (Å²) in [5, 5.41) is 6.87. The van der Waals surface area contributed by atoms with E-state index in [1.54, 1.807) is 29.0 Å². The number of hydrogen-bond donors (Lipinski definition) is 1. The first-order chi connectivity index (χ1) is 34.1. The first-order valence-electron chi connectivity index (χ1n) is 24.1. The molecule has 0 radical (unpaired) electrons. The van der Waals surface area contributed by atoms with Crippen molar-refractivity contribution in [2.45, 2.75) is 47.9 Å². The Kier molecular flexibility index (Phi) is 17.1. The highest BCUT2D eigenvalue weighted by Gasteiger charge is 2.45. The molecule has 71 heavy (non-hydrogen) atoms. The Morgan fingerprint density at radius 2 is 1.00 bits per heavy atom. The highest BCUT2D eigenvalue weighted by atomic mass is 35.7. The maximum atomic E-state index is 13.8. The standard InChI is InChI=1S/C27H31N3O3S2.C23H29N3O.C4H3ClO2S2/c1-20-10-11-21(2)25(17-20)28-12-14-29(15-13-28)27(31)24-19-30(35(32,33)26-9-6-16-34-26)18-23(24)22-7-4-3-5-8-22;1-17-8-9-18(2)22(14-17)25-10-12-26(13-11-25)23(27)21-16-24-15-20(21)19-6-4-3-5-7-19;5-9(6,7)4-2-1-3-8-4/h3-11,16-17,23-24H,12-15,18-19H2,1-2H3;3-9,14,20-21,24H,10-13,15-16H2,1-2H3;1-3H/t23-,24-;20-,21-;/m00./s1. The molecule has 4 fully saturated rings. The number of nitrogens with zero attached hydrogens (tertiary/aromatic N) is 5. The predicted octanol–water partition coefficient (Wildman–Crippen LogP) is 8.75. The number of benzene rings is 4. The fraction of sp³-hybridized carbons (Fsp3) is 0.370. The van der Waals surface area contributed by atoms with Crippen molar-refractivity contribution in [1.82, 2.24) is 19.4 Å². The molecule has 10 rings (SSSR count). The number of amides is 2. The summed E-state index contributed by atoms with van der Waals surface area (Å²) in [6.07, 6.45) is 0. The average Bonchev–Trinajstić information content (AvgIpc) is 4.25. The Hall–Kier alpha value is -5.07. The first-order valence-corrected chi connectivity index (χ1v) is 29.6. The lowest BCUT2D eigenvalue weighted by molar-refractivity contribution is -0.136. The molecule has 6 aromatic rings. The second-order valence-corrected chi connectivity index (χ2v) is 25.6. The molecule has 4 atom stereocenters. The monoisotopic (exact) mass is 1050 g/mol. The van der Waals surface area contributed by atoms with Crippen LogP contribution < -0.4 is 15.1 Å². The molecular weight excluding hydrogens is 992 g/mol. The molecule has 4 aliphatic rings. The molecule has 1 N–H and O–H groups in total. The van der Waals surface area contributed by atoms with Crippen LogP contribution in [0.1, 0.15) is 45.2 Å². The van der Waals surface area contributed by atoms with Crippen LogP contribution in [0.5, 0.6) is 0 Å². The van der Waals surface area contributed by atoms with Gasteiger partial charge in [0, 0.05) is 112 Å². The smallest absolute Gasteiger partial charge is 0.270 e. The molecule has 2 aromatic heterocycles. The van der Waals surface area contributed by atoms with E-state index in [2.05, 4.69) is 108 Å². The summed E-state index contributed by atoms with van der Waals surface area (Å²) in [6, 6.07) is 39.9. The van der Waals surface area contributed by atoms with Gasteiger partial charge in [-0.15, -0.1) is 22.7 Å². The number of halogens is 1. The van der Waals surface area contributed by atoms with Crippen LogP contribution in [0.3, 0.4) is 0 Å². The van der Waals surface area contributed by atoms with Gasteiger partial charge in [-0.05, 0) is 96.1 Å². The van der Waals surface area contributed by atoms with Gasteiger partial charge >= 0.3 is 0 Å². The third-order valence-electron chi connectivity index (χ3n) is 14.0. The Labute approximate surface area is 432 Å². The van der Waals surface area contributed by atoms with E-state index in [9.17, 15) is 26.4 Å². The van der Waals surface area contributed by atoms with Gasteiger partial charge in [-0.2, -0.15) is 4.31 Å². The lowest BCUT2D eigenvalue weighted by Crippen LogP contribution is -2.51. The van der Waals surface area contributed by atoms with E-state index < -0.39 is 19.1 Å². The normalized spacial score (nSPS) is 20.7. The number of nitrogens with one attached hydrogen (secondary N) is 1. The highest BCUT2D eigenvalue weighted by Crippen LogP contribution is 2.38. The van der Waals surface area contributed by atoms with Crippen molar-refractivity contribution in [2.75, 3.05) is 88.3 Å². The number of sulfonamides is 1. The molecule has 376 valence electrons. The summed E-state index contributed by atoms with van der Waals surface area (Å²) in [6.45, 7) is 17.0. The van der Waals surface area contributed by atoms with Gasteiger partial charge in [0.2, 0.25) is 11.8 Å². The lowest BCUT2D eigenvalue weighted by atomic mass is 9.88. The minimum Gasteiger partial charge on any atom is -0.368 e. The van der Waals surface area contributed by atoms with Crippen LogP contribution in [0.15, 0.2) is 141 Å². The zero-order valence-corrected chi connectivity index (χ0v) is 44.7. The van der Waals surface area contributed by atoms with Crippen molar-refractivity contribution in [3.8, 4) is 0 Å². The second kappa shape index (κ2) is 23.2. The largest absolute Gasteiger partial charge is 0.368 e. The van der Waals surface area contributed by atoms with E-state index in [4.69, 9.17) is 10.7 Å². The van der Waals surface area contributed by atoms with Crippen LogP contribution >= 0.6 is 33.4 Å². The molecule has 0 aliphatic carbocycles. The number of anilines is 2. The van der Waals surface area contributed by atoms with E-state index in [-0.39, 0.29) is 40.3 Å². The van der Waals surface area contributed by atoms with Gasteiger partial charge in [-0.1, -0.05) is 97.1 Å². The van der Waals surface area contributed by atoms with E-state index >= 15 is 0 Å². The minimum absolute atomic E-state index is 0.0552. The SMILES string of the molecule is Cc1ccc(C)c(N2CCN(C(=O)[C@H]3CN(S(=O)(=O)c4cccs4)C[C@H]3c3ccccc3)CC2)c1.Cc1ccc(C)c(N2CCN(C(=O)[C@H]3CNC[C@H]3c3ccccc3)CC2)c1.O=S(=O)(Cl)c1cccs1. The number of thiophene rings is 2. The van der Waals surface area contributed by atoms with Crippen LogP contribution in [0, 0.1) is 39.5 Å². The quantitative estimate of drug-likeness (QED) is 0.141. The van der Waals surface area contributed by atoms with Crippen LogP contribution in [0.25, 0.3) is 0 Å². The summed E-state index contributed by atoms with van der Waals surface area (Å²) in [5.74, 6) is 0.170. The second-order valence-electron chi connectivity index (χ2n) is 18.7. The number of carbonyl (C=O) groups excluding carboxylic acids is 2. The summed E-state index contributed by atoms with van der Waals surface area (Å²) in [4.78, 5) is 35.8. The van der Waals surface area contributed by atoms with Gasteiger partial charge < -0.3 is 24.9 Å². The number of rotatable bonds is 9. The molecule has 17 heteroatoms. The maximum Gasteiger partial charge on any atom is 0.270 e. The van der Waals surface area contributed by atoms with Crippen molar-refractivity contribution in [1.29, 1.82) is 0 Å². The van der Waals surface area contributed by atoms with Crippen molar-refractivity contribution < 1.29 is 26.4 Å². The predicted molar refractivity (Wildman–Crippen MR) is 288 cm³/mol. The van der Waals surface area contributed by atoms with E-state index in [1.165, 1.54) is 60.9 Å². The Balaban J connectivity index is 0.000000166. The molecule has 0 bridgehead atoms. The molecule has 6 heterocycles. The fourth-order valence-corrected chi connectivity index (χ4v) is 14.5. The van der Waals surface area contributed by atoms with Gasteiger partial charge in [0.05, 0.1) is 11.8 Å². The van der Waals surface area contributed by atoms with E-state index in [0.29, 0.717) is 29.8 Å². The van der Waals surface area contributed by atoms with Gasteiger partial charge in [0.15, 0.2) is 0 Å². The Morgan fingerprint density at radius 1 is 0.535 bits per heavy atom. The summed E-state index contributed by atoms with van der Waals surface area (Å²) < 4.78 is 49.5. The van der Waals surface area contributed by atoms with Gasteiger partial charge in [0.1, 0.15) is 8.42 Å². The molecule has 4 saturated heterocycles. The van der Waals surface area contributed by atoms with E-state index in [0.717, 1.165) is 69.3 Å². The molecular formula is C54H63ClN6O6S4. The number of hydrogen-bond acceptors (Lipinski definition) is 11. The Bertz CT molecular complexity index is 2950. The molecule has 4 aliphatic heterocycles.